The van der Waals surface area contributed by atoms with Crippen molar-refractivity contribution in [3.05, 3.63) is 29.8 Å². The van der Waals surface area contributed by atoms with E-state index in [0.29, 0.717) is 18.2 Å². The first-order valence-corrected chi connectivity index (χ1v) is 9.67. The summed E-state index contributed by atoms with van der Waals surface area (Å²) in [6.07, 6.45) is 2.81. The van der Waals surface area contributed by atoms with Crippen LogP contribution in [0.5, 0.6) is 5.75 Å². The maximum absolute atomic E-state index is 12.6. The molecule has 7 heteroatoms. The molecule has 1 N–H and O–H groups in total. The Bertz CT molecular complexity index is 621. The monoisotopic (exact) mass is 375 g/mol. The lowest BCUT2D eigenvalue weighted by Gasteiger charge is -2.40. The largest absolute Gasteiger partial charge is 0.482 e. The van der Waals surface area contributed by atoms with Gasteiger partial charge in [-0.05, 0) is 43.6 Å². The summed E-state index contributed by atoms with van der Waals surface area (Å²) in [6.45, 7) is 5.64. The first kappa shape index (κ1) is 19.6. The summed E-state index contributed by atoms with van der Waals surface area (Å²) in [5.74, 6) is 0.341. The number of carbonyl (C=O) groups is 2. The molecule has 3 rings (SSSR count). The second kappa shape index (κ2) is 9.71. The molecule has 0 spiro atoms. The summed E-state index contributed by atoms with van der Waals surface area (Å²) in [4.78, 5) is 28.2. The van der Waals surface area contributed by atoms with Gasteiger partial charge in [-0.15, -0.1) is 0 Å². The SMILES string of the molecule is COC(=O)COc1ccc(CC(=O)N2CCN(C3CCNCC3)CC2)cc1. The van der Waals surface area contributed by atoms with E-state index in [9.17, 15) is 9.59 Å². The molecule has 1 amide bonds. The van der Waals surface area contributed by atoms with Crippen molar-refractivity contribution in [2.45, 2.75) is 25.3 Å². The lowest BCUT2D eigenvalue weighted by Crippen LogP contribution is -2.54. The number of carbonyl (C=O) groups excluding carboxylic acids is 2. The lowest BCUT2D eigenvalue weighted by molar-refractivity contribution is -0.142. The van der Waals surface area contributed by atoms with Crippen LogP contribution in [0.4, 0.5) is 0 Å². The highest BCUT2D eigenvalue weighted by Gasteiger charge is 2.26. The number of nitrogens with one attached hydrogen (secondary N) is 1. The van der Waals surface area contributed by atoms with E-state index in [4.69, 9.17) is 4.74 Å². The third kappa shape index (κ3) is 5.68. The molecule has 148 valence electrons. The van der Waals surface area contributed by atoms with Crippen LogP contribution in [0.15, 0.2) is 24.3 Å². The molecule has 0 aromatic heterocycles. The Hall–Kier alpha value is -2.12. The number of amides is 1. The highest BCUT2D eigenvalue weighted by Crippen LogP contribution is 2.16. The normalized spacial score (nSPS) is 18.9. The number of hydrogen-bond donors (Lipinski definition) is 1. The average molecular weight is 375 g/mol. The number of piperidine rings is 1. The van der Waals surface area contributed by atoms with Crippen LogP contribution in [0.25, 0.3) is 0 Å². The van der Waals surface area contributed by atoms with E-state index >= 15 is 0 Å². The zero-order valence-corrected chi connectivity index (χ0v) is 16.0. The molecule has 2 aliphatic heterocycles. The van der Waals surface area contributed by atoms with Crippen molar-refractivity contribution < 1.29 is 19.1 Å². The Labute approximate surface area is 160 Å². The fraction of sp³-hybridized carbons (Fsp3) is 0.600. The van der Waals surface area contributed by atoms with Crippen LogP contribution in [-0.2, 0) is 20.7 Å². The number of ether oxygens (including phenoxy) is 2. The molecule has 0 bridgehead atoms. The highest BCUT2D eigenvalue weighted by atomic mass is 16.6. The molecule has 27 heavy (non-hydrogen) atoms. The van der Waals surface area contributed by atoms with E-state index in [1.165, 1.54) is 20.0 Å². The third-order valence-corrected chi connectivity index (χ3v) is 5.36. The van der Waals surface area contributed by atoms with Gasteiger partial charge in [0.2, 0.25) is 5.91 Å². The quantitative estimate of drug-likeness (QED) is 0.738. The second-order valence-electron chi connectivity index (χ2n) is 7.08. The van der Waals surface area contributed by atoms with Crippen LogP contribution >= 0.6 is 0 Å². The third-order valence-electron chi connectivity index (χ3n) is 5.36. The predicted molar refractivity (Wildman–Crippen MR) is 102 cm³/mol. The lowest BCUT2D eigenvalue weighted by atomic mass is 10.0. The minimum Gasteiger partial charge on any atom is -0.482 e. The van der Waals surface area contributed by atoms with Gasteiger partial charge >= 0.3 is 5.97 Å². The van der Waals surface area contributed by atoms with Crippen LogP contribution in [0.3, 0.4) is 0 Å². The number of esters is 1. The van der Waals surface area contributed by atoms with Crippen LogP contribution < -0.4 is 10.1 Å². The zero-order chi connectivity index (χ0) is 19.1. The molecule has 0 saturated carbocycles. The van der Waals surface area contributed by atoms with Gasteiger partial charge < -0.3 is 19.7 Å². The number of methoxy groups -OCH3 is 1. The number of hydrogen-bond acceptors (Lipinski definition) is 6. The Kier molecular flexibility index (Phi) is 7.06. The molecule has 1 aromatic rings. The van der Waals surface area contributed by atoms with Crippen molar-refractivity contribution in [3.63, 3.8) is 0 Å². The average Bonchev–Trinajstić information content (AvgIpc) is 2.73. The van der Waals surface area contributed by atoms with Crippen molar-refractivity contribution in [2.24, 2.45) is 0 Å². The fourth-order valence-electron chi connectivity index (χ4n) is 3.70. The van der Waals surface area contributed by atoms with Crippen LogP contribution in [-0.4, -0.2) is 80.7 Å². The van der Waals surface area contributed by atoms with Gasteiger partial charge in [0.25, 0.3) is 0 Å². The molecule has 0 radical (unpaired) electrons. The smallest absolute Gasteiger partial charge is 0.343 e. The van der Waals surface area contributed by atoms with E-state index < -0.39 is 5.97 Å². The van der Waals surface area contributed by atoms with Crippen molar-refractivity contribution in [2.75, 3.05) is 53.0 Å². The standard InChI is InChI=1S/C20H29N3O4/c1-26-20(25)15-27-18-4-2-16(3-5-18)14-19(24)23-12-10-22(11-13-23)17-6-8-21-9-7-17/h2-5,17,21H,6-15H2,1H3. The number of nitrogens with zero attached hydrogens (tertiary/aromatic N) is 2. The minimum absolute atomic E-state index is 0.115. The summed E-state index contributed by atoms with van der Waals surface area (Å²) in [5, 5.41) is 3.41. The van der Waals surface area contributed by atoms with Gasteiger partial charge in [-0.25, -0.2) is 4.79 Å². The van der Waals surface area contributed by atoms with Crippen molar-refractivity contribution in [1.29, 1.82) is 0 Å². The molecule has 2 heterocycles. The minimum atomic E-state index is -0.419. The van der Waals surface area contributed by atoms with Gasteiger partial charge in [-0.3, -0.25) is 9.69 Å². The van der Waals surface area contributed by atoms with Crippen molar-refractivity contribution in [1.82, 2.24) is 15.1 Å². The molecule has 0 unspecified atom stereocenters. The van der Waals surface area contributed by atoms with Gasteiger partial charge in [0.05, 0.1) is 13.5 Å². The first-order chi connectivity index (χ1) is 13.2. The van der Waals surface area contributed by atoms with E-state index in [2.05, 4.69) is 15.0 Å². The highest BCUT2D eigenvalue weighted by molar-refractivity contribution is 5.79. The fourth-order valence-corrected chi connectivity index (χ4v) is 3.70. The van der Waals surface area contributed by atoms with Gasteiger partial charge in [-0.2, -0.15) is 0 Å². The Morgan fingerprint density at radius 2 is 1.74 bits per heavy atom. The van der Waals surface area contributed by atoms with Crippen LogP contribution in [0, 0.1) is 0 Å². The maximum Gasteiger partial charge on any atom is 0.343 e. The molecular formula is C20H29N3O4. The molecule has 0 aliphatic carbocycles. The van der Waals surface area contributed by atoms with Crippen LogP contribution in [0.1, 0.15) is 18.4 Å². The Morgan fingerprint density at radius 1 is 1.07 bits per heavy atom. The summed E-state index contributed by atoms with van der Waals surface area (Å²) >= 11 is 0. The molecule has 2 aliphatic rings. The zero-order valence-electron chi connectivity index (χ0n) is 16.0. The van der Waals surface area contributed by atoms with E-state index in [1.807, 2.05) is 17.0 Å². The van der Waals surface area contributed by atoms with E-state index in [1.54, 1.807) is 12.1 Å². The summed E-state index contributed by atoms with van der Waals surface area (Å²) in [6, 6.07) is 7.97. The van der Waals surface area contributed by atoms with Gasteiger partial charge in [0, 0.05) is 32.2 Å². The number of rotatable bonds is 6. The second-order valence-corrected chi connectivity index (χ2v) is 7.08. The number of piperazine rings is 1. The Morgan fingerprint density at radius 3 is 2.37 bits per heavy atom. The van der Waals surface area contributed by atoms with Crippen LogP contribution in [0.2, 0.25) is 0 Å². The molecule has 7 nitrogen and oxygen atoms in total. The Balaban J connectivity index is 1.43. The van der Waals surface area contributed by atoms with E-state index in [0.717, 1.165) is 44.8 Å². The molecule has 0 atom stereocenters. The van der Waals surface area contributed by atoms with Gasteiger partial charge in [0.1, 0.15) is 5.75 Å². The summed E-state index contributed by atoms with van der Waals surface area (Å²) in [7, 11) is 1.33. The summed E-state index contributed by atoms with van der Waals surface area (Å²) in [5.41, 5.74) is 0.950. The van der Waals surface area contributed by atoms with Crippen molar-refractivity contribution in [3.8, 4) is 5.75 Å². The summed E-state index contributed by atoms with van der Waals surface area (Å²) < 4.78 is 9.87. The van der Waals surface area contributed by atoms with E-state index in [-0.39, 0.29) is 12.5 Å². The maximum atomic E-state index is 12.6. The molecule has 1 aromatic carbocycles. The van der Waals surface area contributed by atoms with Crippen molar-refractivity contribution >= 4 is 11.9 Å². The molecular weight excluding hydrogens is 346 g/mol. The first-order valence-electron chi connectivity index (χ1n) is 9.67. The van der Waals surface area contributed by atoms with Gasteiger partial charge in [0.15, 0.2) is 6.61 Å². The predicted octanol–water partition coefficient (Wildman–Crippen LogP) is 0.677. The molecule has 2 fully saturated rings. The van der Waals surface area contributed by atoms with Gasteiger partial charge in [-0.1, -0.05) is 12.1 Å². The molecule has 2 saturated heterocycles. The number of benzene rings is 1. The topological polar surface area (TPSA) is 71.1 Å².